The molecule has 0 aromatic rings. The van der Waals surface area contributed by atoms with Crippen LogP contribution in [0.15, 0.2) is 0 Å². The van der Waals surface area contributed by atoms with Gasteiger partial charge in [0.15, 0.2) is 0 Å². The summed E-state index contributed by atoms with van der Waals surface area (Å²) in [5, 5.41) is 0. The summed E-state index contributed by atoms with van der Waals surface area (Å²) in [7, 11) is 3.44. The van der Waals surface area contributed by atoms with Crippen LogP contribution in [-0.4, -0.2) is 72.8 Å². The second kappa shape index (κ2) is 5.21. The van der Waals surface area contributed by atoms with Crippen molar-refractivity contribution >= 4 is 23.5 Å². The van der Waals surface area contributed by atoms with Crippen molar-refractivity contribution in [2.24, 2.45) is 0 Å². The van der Waals surface area contributed by atoms with Crippen molar-refractivity contribution in [3.8, 4) is 0 Å². The highest BCUT2D eigenvalue weighted by atomic mass is 35.5. The van der Waals surface area contributed by atoms with E-state index in [0.29, 0.717) is 26.2 Å². The lowest BCUT2D eigenvalue weighted by Gasteiger charge is -2.35. The molecule has 0 aliphatic carbocycles. The molecule has 1 rings (SSSR count). The first-order valence-corrected chi connectivity index (χ1v) is 5.39. The second-order valence-electron chi connectivity index (χ2n) is 3.68. The standard InChI is InChI=1S/C9H16ClN3O2/c1-11(2)9(15)13-5-3-12(4-6-13)8(14)7-10/h3-7H2,1-2H3. The van der Waals surface area contributed by atoms with Crippen LogP contribution in [0.5, 0.6) is 0 Å². The summed E-state index contributed by atoms with van der Waals surface area (Å²) < 4.78 is 0. The Morgan fingerprint density at radius 2 is 1.60 bits per heavy atom. The van der Waals surface area contributed by atoms with E-state index in [4.69, 9.17) is 11.6 Å². The van der Waals surface area contributed by atoms with Gasteiger partial charge in [-0.3, -0.25) is 4.79 Å². The van der Waals surface area contributed by atoms with E-state index in [1.54, 1.807) is 28.8 Å². The van der Waals surface area contributed by atoms with Crippen molar-refractivity contribution in [2.75, 3.05) is 46.2 Å². The summed E-state index contributed by atoms with van der Waals surface area (Å²) in [6, 6.07) is -0.00651. The summed E-state index contributed by atoms with van der Waals surface area (Å²) in [4.78, 5) is 27.8. The quantitative estimate of drug-likeness (QED) is 0.601. The molecule has 0 aromatic heterocycles. The van der Waals surface area contributed by atoms with Gasteiger partial charge in [0, 0.05) is 40.3 Å². The first-order chi connectivity index (χ1) is 7.06. The average molecular weight is 234 g/mol. The van der Waals surface area contributed by atoms with E-state index in [2.05, 4.69) is 0 Å². The number of hydrogen-bond donors (Lipinski definition) is 0. The van der Waals surface area contributed by atoms with Gasteiger partial charge in [0.1, 0.15) is 5.88 Å². The van der Waals surface area contributed by atoms with Gasteiger partial charge in [0.25, 0.3) is 0 Å². The number of carbonyl (C=O) groups is 2. The lowest BCUT2D eigenvalue weighted by molar-refractivity contribution is -0.129. The molecular formula is C9H16ClN3O2. The van der Waals surface area contributed by atoms with Gasteiger partial charge >= 0.3 is 6.03 Å². The number of nitrogens with zero attached hydrogens (tertiary/aromatic N) is 3. The number of piperazine rings is 1. The van der Waals surface area contributed by atoms with E-state index < -0.39 is 0 Å². The van der Waals surface area contributed by atoms with Crippen molar-refractivity contribution in [2.45, 2.75) is 0 Å². The molecule has 0 radical (unpaired) electrons. The minimum atomic E-state index is -0.0615. The first kappa shape index (κ1) is 12.1. The van der Waals surface area contributed by atoms with Crippen LogP contribution in [0.1, 0.15) is 0 Å². The topological polar surface area (TPSA) is 43.9 Å². The van der Waals surface area contributed by atoms with Crippen LogP contribution in [0.2, 0.25) is 0 Å². The highest BCUT2D eigenvalue weighted by Gasteiger charge is 2.24. The Morgan fingerprint density at radius 1 is 1.13 bits per heavy atom. The molecule has 86 valence electrons. The van der Waals surface area contributed by atoms with Crippen LogP contribution < -0.4 is 0 Å². The Kier molecular flexibility index (Phi) is 4.20. The Bertz CT molecular complexity index is 250. The molecule has 0 spiro atoms. The van der Waals surface area contributed by atoms with Crippen LogP contribution in [0.4, 0.5) is 4.79 Å². The smallest absolute Gasteiger partial charge is 0.319 e. The summed E-state index contributed by atoms with van der Waals surface area (Å²) in [6.45, 7) is 2.32. The van der Waals surface area contributed by atoms with E-state index >= 15 is 0 Å². The number of carbonyl (C=O) groups excluding carboxylic acids is 2. The molecular weight excluding hydrogens is 218 g/mol. The first-order valence-electron chi connectivity index (χ1n) is 4.86. The highest BCUT2D eigenvalue weighted by Crippen LogP contribution is 2.04. The van der Waals surface area contributed by atoms with Crippen LogP contribution in [0.25, 0.3) is 0 Å². The normalized spacial score (nSPS) is 16.5. The Labute approximate surface area is 94.6 Å². The number of alkyl halides is 1. The zero-order chi connectivity index (χ0) is 11.4. The highest BCUT2D eigenvalue weighted by molar-refractivity contribution is 6.27. The SMILES string of the molecule is CN(C)C(=O)N1CCN(C(=O)CCl)CC1. The van der Waals surface area contributed by atoms with Crippen molar-refractivity contribution in [1.29, 1.82) is 0 Å². The van der Waals surface area contributed by atoms with Crippen LogP contribution in [-0.2, 0) is 4.79 Å². The summed E-state index contributed by atoms with van der Waals surface area (Å²) >= 11 is 5.45. The molecule has 15 heavy (non-hydrogen) atoms. The Hall–Kier alpha value is -0.970. The van der Waals surface area contributed by atoms with Crippen molar-refractivity contribution < 1.29 is 9.59 Å². The predicted molar refractivity (Wildman–Crippen MR) is 58.0 cm³/mol. The van der Waals surface area contributed by atoms with Crippen LogP contribution >= 0.6 is 11.6 Å². The molecule has 1 saturated heterocycles. The molecule has 1 aliphatic heterocycles. The molecule has 1 fully saturated rings. The van der Waals surface area contributed by atoms with E-state index in [1.807, 2.05) is 0 Å². The minimum absolute atomic E-state index is 0.00651. The molecule has 1 heterocycles. The van der Waals surface area contributed by atoms with Gasteiger partial charge in [-0.1, -0.05) is 0 Å². The predicted octanol–water partition coefficient (Wildman–Crippen LogP) is 0.0510. The summed E-state index contributed by atoms with van der Waals surface area (Å²) in [5.74, 6) is -0.0460. The van der Waals surface area contributed by atoms with Crippen molar-refractivity contribution in [3.63, 3.8) is 0 Å². The number of urea groups is 1. The molecule has 3 amide bonds. The summed E-state index contributed by atoms with van der Waals surface area (Å²) in [5.41, 5.74) is 0. The number of rotatable bonds is 1. The van der Waals surface area contributed by atoms with Gasteiger partial charge in [-0.2, -0.15) is 0 Å². The van der Waals surface area contributed by atoms with Crippen LogP contribution in [0.3, 0.4) is 0 Å². The third-order valence-corrected chi connectivity index (χ3v) is 2.63. The molecule has 0 aromatic carbocycles. The second-order valence-corrected chi connectivity index (χ2v) is 3.95. The lowest BCUT2D eigenvalue weighted by atomic mass is 10.3. The van der Waals surface area contributed by atoms with E-state index in [-0.39, 0.29) is 17.8 Å². The minimum Gasteiger partial charge on any atom is -0.338 e. The number of hydrogen-bond acceptors (Lipinski definition) is 2. The monoisotopic (exact) mass is 233 g/mol. The van der Waals surface area contributed by atoms with Gasteiger partial charge in [-0.25, -0.2) is 4.79 Å². The molecule has 0 atom stereocenters. The molecule has 0 N–H and O–H groups in total. The van der Waals surface area contributed by atoms with Gasteiger partial charge in [0.05, 0.1) is 0 Å². The maximum atomic E-state index is 11.6. The molecule has 0 unspecified atom stereocenters. The summed E-state index contributed by atoms with van der Waals surface area (Å²) in [6.07, 6.45) is 0. The third-order valence-electron chi connectivity index (χ3n) is 2.40. The molecule has 0 saturated carbocycles. The Balaban J connectivity index is 2.42. The number of amides is 3. The third kappa shape index (κ3) is 2.99. The lowest BCUT2D eigenvalue weighted by Crippen LogP contribution is -2.53. The van der Waals surface area contributed by atoms with Gasteiger partial charge < -0.3 is 14.7 Å². The molecule has 5 nitrogen and oxygen atoms in total. The molecule has 1 aliphatic rings. The maximum absolute atomic E-state index is 11.6. The van der Waals surface area contributed by atoms with E-state index in [9.17, 15) is 9.59 Å². The van der Waals surface area contributed by atoms with Gasteiger partial charge in [0.2, 0.25) is 5.91 Å². The fraction of sp³-hybridized carbons (Fsp3) is 0.778. The zero-order valence-corrected chi connectivity index (χ0v) is 9.83. The maximum Gasteiger partial charge on any atom is 0.319 e. The van der Waals surface area contributed by atoms with Crippen LogP contribution in [0, 0.1) is 0 Å². The number of halogens is 1. The zero-order valence-electron chi connectivity index (χ0n) is 9.07. The molecule has 6 heteroatoms. The van der Waals surface area contributed by atoms with E-state index in [1.165, 1.54) is 0 Å². The molecule has 0 bridgehead atoms. The van der Waals surface area contributed by atoms with Gasteiger partial charge in [-0.05, 0) is 0 Å². The average Bonchev–Trinajstić information content (AvgIpc) is 2.27. The fourth-order valence-corrected chi connectivity index (χ4v) is 1.68. The fourth-order valence-electron chi connectivity index (χ4n) is 1.51. The van der Waals surface area contributed by atoms with E-state index in [0.717, 1.165) is 0 Å². The van der Waals surface area contributed by atoms with Crippen molar-refractivity contribution in [3.05, 3.63) is 0 Å². The van der Waals surface area contributed by atoms with Crippen molar-refractivity contribution in [1.82, 2.24) is 14.7 Å². The largest absolute Gasteiger partial charge is 0.338 e. The van der Waals surface area contributed by atoms with Gasteiger partial charge in [-0.15, -0.1) is 11.6 Å². The Morgan fingerprint density at radius 3 is 2.00 bits per heavy atom.